The molecule has 72 valence electrons. The summed E-state index contributed by atoms with van der Waals surface area (Å²) in [6, 6.07) is 0.225. The van der Waals surface area contributed by atoms with Gasteiger partial charge in [0.05, 0.1) is 0 Å². The molecule has 0 aliphatic rings. The Balaban J connectivity index is 3.73. The molecule has 0 saturated carbocycles. The van der Waals surface area contributed by atoms with E-state index in [0.717, 1.165) is 0 Å². The van der Waals surface area contributed by atoms with Gasteiger partial charge in [0, 0.05) is 24.6 Å². The van der Waals surface area contributed by atoms with Crippen molar-refractivity contribution in [3.05, 3.63) is 11.6 Å². The molecule has 0 bridgehead atoms. The molecule has 0 saturated heterocycles. The standard InChI is InChI=1S/C10H15NO2/c1-4-5-9(3)11-7-6-8(2)10(12)13/h1,6,9,11H,5,7H2,2-3H3,(H,12,13)/b8-6-. The molecule has 1 unspecified atom stereocenters. The Morgan fingerprint density at radius 1 is 1.77 bits per heavy atom. The topological polar surface area (TPSA) is 49.3 Å². The van der Waals surface area contributed by atoms with E-state index in [2.05, 4.69) is 11.2 Å². The Hall–Kier alpha value is -1.27. The Morgan fingerprint density at radius 3 is 2.85 bits per heavy atom. The average Bonchev–Trinajstić information content (AvgIpc) is 2.04. The monoisotopic (exact) mass is 181 g/mol. The second-order valence-corrected chi connectivity index (χ2v) is 2.91. The van der Waals surface area contributed by atoms with Crippen molar-refractivity contribution in [3.8, 4) is 12.3 Å². The molecule has 0 fully saturated rings. The summed E-state index contributed by atoms with van der Waals surface area (Å²) in [5, 5.41) is 11.6. The van der Waals surface area contributed by atoms with E-state index in [9.17, 15) is 4.79 Å². The zero-order valence-corrected chi connectivity index (χ0v) is 8.00. The maximum atomic E-state index is 10.4. The quantitative estimate of drug-likeness (QED) is 0.491. The smallest absolute Gasteiger partial charge is 0.330 e. The number of hydrogen-bond donors (Lipinski definition) is 2. The molecular formula is C10H15NO2. The Morgan fingerprint density at radius 2 is 2.38 bits per heavy atom. The van der Waals surface area contributed by atoms with Gasteiger partial charge >= 0.3 is 5.97 Å². The lowest BCUT2D eigenvalue weighted by Gasteiger charge is -2.07. The molecule has 0 rings (SSSR count). The fraction of sp³-hybridized carbons (Fsp3) is 0.500. The minimum absolute atomic E-state index is 0.225. The van der Waals surface area contributed by atoms with Gasteiger partial charge in [0.2, 0.25) is 0 Å². The minimum Gasteiger partial charge on any atom is -0.478 e. The zero-order valence-electron chi connectivity index (χ0n) is 8.00. The lowest BCUT2D eigenvalue weighted by molar-refractivity contribution is -0.132. The highest BCUT2D eigenvalue weighted by Gasteiger charge is 1.99. The van der Waals surface area contributed by atoms with Crippen LogP contribution in [0, 0.1) is 12.3 Å². The van der Waals surface area contributed by atoms with E-state index in [1.807, 2.05) is 6.92 Å². The first-order chi connectivity index (χ1) is 6.07. The van der Waals surface area contributed by atoms with Crippen molar-refractivity contribution in [2.45, 2.75) is 26.3 Å². The first-order valence-electron chi connectivity index (χ1n) is 4.14. The number of hydrogen-bond acceptors (Lipinski definition) is 2. The van der Waals surface area contributed by atoms with E-state index < -0.39 is 5.97 Å². The van der Waals surface area contributed by atoms with Gasteiger partial charge in [0.1, 0.15) is 0 Å². The van der Waals surface area contributed by atoms with Crippen molar-refractivity contribution in [2.75, 3.05) is 6.54 Å². The van der Waals surface area contributed by atoms with Crippen LogP contribution in [0.1, 0.15) is 20.3 Å². The summed E-state index contributed by atoms with van der Waals surface area (Å²) in [6.07, 6.45) is 7.40. The lowest BCUT2D eigenvalue weighted by atomic mass is 10.2. The summed E-state index contributed by atoms with van der Waals surface area (Å²) in [4.78, 5) is 10.4. The van der Waals surface area contributed by atoms with Gasteiger partial charge in [-0.05, 0) is 13.8 Å². The third-order valence-corrected chi connectivity index (χ3v) is 1.64. The van der Waals surface area contributed by atoms with Crippen LogP contribution in [0.15, 0.2) is 11.6 Å². The molecule has 0 spiro atoms. The normalized spacial score (nSPS) is 13.5. The summed E-state index contributed by atoms with van der Waals surface area (Å²) >= 11 is 0. The molecule has 0 heterocycles. The Bertz CT molecular complexity index is 238. The summed E-state index contributed by atoms with van der Waals surface area (Å²) in [5.74, 6) is 1.65. The largest absolute Gasteiger partial charge is 0.478 e. The van der Waals surface area contributed by atoms with Crippen LogP contribution >= 0.6 is 0 Å². The van der Waals surface area contributed by atoms with Gasteiger partial charge in [-0.15, -0.1) is 12.3 Å². The third kappa shape index (κ3) is 5.94. The van der Waals surface area contributed by atoms with Crippen molar-refractivity contribution in [2.24, 2.45) is 0 Å². The van der Waals surface area contributed by atoms with Gasteiger partial charge in [-0.1, -0.05) is 6.08 Å². The average molecular weight is 181 g/mol. The molecule has 13 heavy (non-hydrogen) atoms. The summed E-state index contributed by atoms with van der Waals surface area (Å²) in [7, 11) is 0. The summed E-state index contributed by atoms with van der Waals surface area (Å²) < 4.78 is 0. The van der Waals surface area contributed by atoms with Crippen molar-refractivity contribution in [3.63, 3.8) is 0 Å². The fourth-order valence-corrected chi connectivity index (χ4v) is 0.749. The van der Waals surface area contributed by atoms with Gasteiger partial charge in [0.25, 0.3) is 0 Å². The summed E-state index contributed by atoms with van der Waals surface area (Å²) in [5.41, 5.74) is 0.348. The van der Waals surface area contributed by atoms with Gasteiger partial charge in [0.15, 0.2) is 0 Å². The van der Waals surface area contributed by atoms with Gasteiger partial charge in [-0.2, -0.15) is 0 Å². The van der Waals surface area contributed by atoms with Crippen molar-refractivity contribution >= 4 is 5.97 Å². The van der Waals surface area contributed by atoms with Crippen LogP contribution in [-0.2, 0) is 4.79 Å². The number of rotatable bonds is 5. The molecule has 0 radical (unpaired) electrons. The molecule has 0 aromatic carbocycles. The van der Waals surface area contributed by atoms with Crippen LogP contribution in [0.4, 0.5) is 0 Å². The first-order valence-corrected chi connectivity index (χ1v) is 4.14. The van der Waals surface area contributed by atoms with Crippen LogP contribution < -0.4 is 5.32 Å². The highest BCUT2D eigenvalue weighted by atomic mass is 16.4. The molecule has 3 nitrogen and oxygen atoms in total. The van der Waals surface area contributed by atoms with E-state index in [0.29, 0.717) is 18.5 Å². The molecule has 0 amide bonds. The van der Waals surface area contributed by atoms with E-state index in [4.69, 9.17) is 11.5 Å². The van der Waals surface area contributed by atoms with E-state index in [1.165, 1.54) is 0 Å². The van der Waals surface area contributed by atoms with Crippen molar-refractivity contribution in [1.82, 2.24) is 5.32 Å². The zero-order chi connectivity index (χ0) is 10.3. The van der Waals surface area contributed by atoms with Crippen LogP contribution in [0.2, 0.25) is 0 Å². The molecule has 2 N–H and O–H groups in total. The molecule has 0 aliphatic heterocycles. The maximum absolute atomic E-state index is 10.4. The first kappa shape index (κ1) is 11.7. The van der Waals surface area contributed by atoms with Gasteiger partial charge < -0.3 is 10.4 Å². The highest BCUT2D eigenvalue weighted by Crippen LogP contribution is 1.92. The predicted octanol–water partition coefficient (Wildman–Crippen LogP) is 1.02. The minimum atomic E-state index is -0.883. The maximum Gasteiger partial charge on any atom is 0.330 e. The van der Waals surface area contributed by atoms with Crippen LogP contribution in [0.3, 0.4) is 0 Å². The number of terminal acetylenes is 1. The van der Waals surface area contributed by atoms with E-state index in [-0.39, 0.29) is 6.04 Å². The number of carboxylic acid groups (broad SMARTS) is 1. The number of aliphatic carboxylic acids is 1. The van der Waals surface area contributed by atoms with Crippen LogP contribution in [0.5, 0.6) is 0 Å². The van der Waals surface area contributed by atoms with Gasteiger partial charge in [-0.3, -0.25) is 0 Å². The Kier molecular flexibility index (Phi) is 5.66. The van der Waals surface area contributed by atoms with Crippen molar-refractivity contribution in [1.29, 1.82) is 0 Å². The second-order valence-electron chi connectivity index (χ2n) is 2.91. The predicted molar refractivity (Wildman–Crippen MR) is 52.3 cm³/mol. The molecule has 1 atom stereocenters. The number of carbonyl (C=O) groups is 1. The van der Waals surface area contributed by atoms with E-state index >= 15 is 0 Å². The third-order valence-electron chi connectivity index (χ3n) is 1.64. The second kappa shape index (κ2) is 6.27. The van der Waals surface area contributed by atoms with Gasteiger partial charge in [-0.25, -0.2) is 4.79 Å². The number of carboxylic acids is 1. The molecule has 3 heteroatoms. The lowest BCUT2D eigenvalue weighted by Crippen LogP contribution is -2.25. The van der Waals surface area contributed by atoms with Crippen LogP contribution in [0.25, 0.3) is 0 Å². The van der Waals surface area contributed by atoms with E-state index in [1.54, 1.807) is 13.0 Å². The Labute approximate surface area is 78.8 Å². The fourth-order valence-electron chi connectivity index (χ4n) is 0.749. The molecule has 0 aromatic heterocycles. The molecule has 0 aromatic rings. The SMILES string of the molecule is C#CCC(C)NC/C=C(/C)C(=O)O. The highest BCUT2D eigenvalue weighted by molar-refractivity contribution is 5.85. The molecular weight excluding hydrogens is 166 g/mol. The summed E-state index contributed by atoms with van der Waals surface area (Å²) in [6.45, 7) is 4.07. The molecule has 0 aliphatic carbocycles. The van der Waals surface area contributed by atoms with Crippen LogP contribution in [-0.4, -0.2) is 23.7 Å². The number of nitrogens with one attached hydrogen (secondary N) is 1. The van der Waals surface area contributed by atoms with Crippen molar-refractivity contribution < 1.29 is 9.90 Å².